The molecule has 0 fully saturated rings. The molecule has 0 bridgehead atoms. The number of aromatic nitrogens is 4. The number of nitrogens with zero attached hydrogens (tertiary/aromatic N) is 4. The summed E-state index contributed by atoms with van der Waals surface area (Å²) in [4.78, 5) is 29.6. The van der Waals surface area contributed by atoms with Crippen LogP contribution in [0.25, 0.3) is 11.0 Å². The Labute approximate surface area is 182 Å². The molecule has 4 heterocycles. The zero-order valence-corrected chi connectivity index (χ0v) is 17.4. The summed E-state index contributed by atoms with van der Waals surface area (Å²) in [6.45, 7) is 3.05. The number of hydrogen-bond donors (Lipinski definition) is 2. The Bertz CT molecular complexity index is 1310. The normalized spacial score (nSPS) is 15.5. The van der Waals surface area contributed by atoms with Crippen molar-refractivity contribution in [1.82, 2.24) is 24.6 Å². The first-order chi connectivity index (χ1) is 15.0. The van der Waals surface area contributed by atoms with E-state index in [0.717, 1.165) is 5.56 Å². The first-order valence-electron chi connectivity index (χ1n) is 9.87. The highest BCUT2D eigenvalue weighted by Crippen LogP contribution is 2.34. The van der Waals surface area contributed by atoms with E-state index < -0.39 is 0 Å². The van der Waals surface area contributed by atoms with E-state index in [2.05, 4.69) is 20.7 Å². The molecule has 2 N–H and O–H groups in total. The summed E-state index contributed by atoms with van der Waals surface area (Å²) in [5.74, 6) is -0.598. The quantitative estimate of drug-likeness (QED) is 0.514. The highest BCUT2D eigenvalue weighted by atomic mass is 35.5. The second-order valence-electron chi connectivity index (χ2n) is 7.53. The second kappa shape index (κ2) is 7.55. The molecule has 0 saturated carbocycles. The number of carbonyl (C=O) groups is 2. The predicted octanol–water partition coefficient (Wildman–Crippen LogP) is 3.49. The van der Waals surface area contributed by atoms with E-state index in [-0.39, 0.29) is 23.6 Å². The number of halogens is 1. The van der Waals surface area contributed by atoms with Gasteiger partial charge in [-0.1, -0.05) is 41.9 Å². The van der Waals surface area contributed by atoms with Crippen molar-refractivity contribution in [2.75, 3.05) is 11.9 Å². The van der Waals surface area contributed by atoms with Crippen molar-refractivity contribution in [1.29, 1.82) is 0 Å². The van der Waals surface area contributed by atoms with Gasteiger partial charge in [0, 0.05) is 18.1 Å². The van der Waals surface area contributed by atoms with E-state index in [4.69, 9.17) is 11.6 Å². The molecule has 0 radical (unpaired) electrons. The van der Waals surface area contributed by atoms with Crippen LogP contribution < -0.4 is 10.6 Å². The standard InChI is InChI=1S/C22H19ClN6O2/c1-13-9-24-22(31)19-18(23)16-7-8-17(27-20(16)29(13)19)21(30)26-15-10-25-28(12-15)11-14-5-3-2-4-6-14/h2-8,10,12-13H,9,11H2,1H3,(H,24,31)(H,26,30). The minimum Gasteiger partial charge on any atom is -0.349 e. The summed E-state index contributed by atoms with van der Waals surface area (Å²) in [6.07, 6.45) is 3.37. The Morgan fingerprint density at radius 3 is 2.87 bits per heavy atom. The molecule has 9 heteroatoms. The Kier molecular flexibility index (Phi) is 4.71. The molecule has 4 aromatic rings. The van der Waals surface area contributed by atoms with E-state index >= 15 is 0 Å². The van der Waals surface area contributed by atoms with Crippen molar-refractivity contribution in [2.45, 2.75) is 19.5 Å². The summed E-state index contributed by atoms with van der Waals surface area (Å²) >= 11 is 6.43. The lowest BCUT2D eigenvalue weighted by Crippen LogP contribution is -2.37. The second-order valence-corrected chi connectivity index (χ2v) is 7.90. The molecule has 2 amide bonds. The van der Waals surface area contributed by atoms with Crippen molar-refractivity contribution in [3.63, 3.8) is 0 Å². The average molecular weight is 435 g/mol. The third-order valence-corrected chi connectivity index (χ3v) is 5.70. The van der Waals surface area contributed by atoms with Crippen LogP contribution in [-0.4, -0.2) is 37.7 Å². The number of anilines is 1. The summed E-state index contributed by atoms with van der Waals surface area (Å²) in [6, 6.07) is 13.2. The average Bonchev–Trinajstić information content (AvgIpc) is 3.33. The number of amides is 2. The van der Waals surface area contributed by atoms with Gasteiger partial charge in [0.15, 0.2) is 0 Å². The molecule has 0 spiro atoms. The summed E-state index contributed by atoms with van der Waals surface area (Å²) in [7, 11) is 0. The summed E-state index contributed by atoms with van der Waals surface area (Å²) < 4.78 is 3.55. The third kappa shape index (κ3) is 3.44. The lowest BCUT2D eigenvalue weighted by molar-refractivity contribution is 0.0919. The Hall–Kier alpha value is -3.65. The molecule has 3 aromatic heterocycles. The van der Waals surface area contributed by atoms with Gasteiger partial charge in [-0.05, 0) is 24.6 Å². The van der Waals surface area contributed by atoms with Gasteiger partial charge in [0.2, 0.25) is 0 Å². The first-order valence-corrected chi connectivity index (χ1v) is 10.3. The molecule has 8 nitrogen and oxygen atoms in total. The van der Waals surface area contributed by atoms with Gasteiger partial charge in [0.25, 0.3) is 11.8 Å². The van der Waals surface area contributed by atoms with E-state index in [1.54, 1.807) is 33.8 Å². The zero-order chi connectivity index (χ0) is 21.5. The van der Waals surface area contributed by atoms with Crippen molar-refractivity contribution in [3.8, 4) is 0 Å². The molecule has 156 valence electrons. The third-order valence-electron chi connectivity index (χ3n) is 5.31. The Morgan fingerprint density at radius 1 is 1.26 bits per heavy atom. The lowest BCUT2D eigenvalue weighted by atomic mass is 10.2. The zero-order valence-electron chi connectivity index (χ0n) is 16.7. The van der Waals surface area contributed by atoms with Gasteiger partial charge in [-0.25, -0.2) is 4.98 Å². The van der Waals surface area contributed by atoms with Gasteiger partial charge < -0.3 is 15.2 Å². The van der Waals surface area contributed by atoms with Gasteiger partial charge in [0.05, 0.1) is 29.5 Å². The molecule has 5 rings (SSSR count). The predicted molar refractivity (Wildman–Crippen MR) is 118 cm³/mol. The summed E-state index contributed by atoms with van der Waals surface area (Å²) in [5.41, 5.74) is 2.82. The number of pyridine rings is 1. The number of rotatable bonds is 4. The van der Waals surface area contributed by atoms with Crippen LogP contribution in [-0.2, 0) is 6.54 Å². The molecule has 31 heavy (non-hydrogen) atoms. The molecule has 1 aliphatic heterocycles. The smallest absolute Gasteiger partial charge is 0.274 e. The van der Waals surface area contributed by atoms with E-state index in [0.29, 0.717) is 40.5 Å². The molecule has 1 aromatic carbocycles. The molecule has 0 saturated heterocycles. The van der Waals surface area contributed by atoms with Crippen LogP contribution in [0.15, 0.2) is 54.9 Å². The fraction of sp³-hybridized carbons (Fsp3) is 0.182. The SMILES string of the molecule is CC1CNC(=O)c2c(Cl)c3ccc(C(=O)Nc4cnn(Cc5ccccc5)c4)nc3n21. The fourth-order valence-corrected chi connectivity index (χ4v) is 4.13. The Balaban J connectivity index is 1.41. The van der Waals surface area contributed by atoms with Gasteiger partial charge in [-0.15, -0.1) is 0 Å². The van der Waals surface area contributed by atoms with Crippen LogP contribution in [0.4, 0.5) is 5.69 Å². The number of benzene rings is 1. The topological polar surface area (TPSA) is 93.8 Å². The molecule has 1 aliphatic rings. The molecule has 0 aliphatic carbocycles. The van der Waals surface area contributed by atoms with Crippen LogP contribution in [0.1, 0.15) is 39.5 Å². The van der Waals surface area contributed by atoms with Crippen molar-refractivity contribution in [3.05, 3.63) is 76.8 Å². The maximum Gasteiger partial charge on any atom is 0.274 e. The summed E-state index contributed by atoms with van der Waals surface area (Å²) in [5, 5.41) is 10.9. The Morgan fingerprint density at radius 2 is 2.06 bits per heavy atom. The van der Waals surface area contributed by atoms with Gasteiger partial charge in [-0.3, -0.25) is 14.3 Å². The van der Waals surface area contributed by atoms with Gasteiger partial charge in [0.1, 0.15) is 17.0 Å². The largest absolute Gasteiger partial charge is 0.349 e. The molecule has 1 atom stereocenters. The van der Waals surface area contributed by atoms with Gasteiger partial charge >= 0.3 is 0 Å². The van der Waals surface area contributed by atoms with Crippen LogP contribution in [0, 0.1) is 0 Å². The molecule has 1 unspecified atom stereocenters. The highest BCUT2D eigenvalue weighted by molar-refractivity contribution is 6.38. The maximum atomic E-state index is 12.8. The van der Waals surface area contributed by atoms with Crippen LogP contribution in [0.5, 0.6) is 0 Å². The minimum atomic E-state index is -0.360. The van der Waals surface area contributed by atoms with Crippen molar-refractivity contribution in [2.24, 2.45) is 0 Å². The highest BCUT2D eigenvalue weighted by Gasteiger charge is 2.29. The van der Waals surface area contributed by atoms with Crippen LogP contribution in [0.3, 0.4) is 0 Å². The molecular weight excluding hydrogens is 416 g/mol. The lowest BCUT2D eigenvalue weighted by Gasteiger charge is -2.23. The number of hydrogen-bond acceptors (Lipinski definition) is 4. The fourth-order valence-electron chi connectivity index (χ4n) is 3.80. The van der Waals surface area contributed by atoms with Gasteiger partial charge in [-0.2, -0.15) is 5.10 Å². The van der Waals surface area contributed by atoms with Crippen LogP contribution >= 0.6 is 11.6 Å². The monoisotopic (exact) mass is 434 g/mol. The first kappa shape index (κ1) is 19.3. The van der Waals surface area contributed by atoms with E-state index in [9.17, 15) is 9.59 Å². The molecular formula is C22H19ClN6O2. The van der Waals surface area contributed by atoms with Crippen molar-refractivity contribution >= 4 is 40.1 Å². The number of nitrogens with one attached hydrogen (secondary N) is 2. The van der Waals surface area contributed by atoms with Crippen molar-refractivity contribution < 1.29 is 9.59 Å². The minimum absolute atomic E-state index is 0.0234. The number of carbonyl (C=O) groups excluding carboxylic acids is 2. The van der Waals surface area contributed by atoms with E-state index in [1.807, 2.05) is 37.3 Å². The van der Waals surface area contributed by atoms with E-state index in [1.165, 1.54) is 0 Å². The maximum absolute atomic E-state index is 12.8. The number of fused-ring (bicyclic) bond motifs is 3. The van der Waals surface area contributed by atoms with Crippen LogP contribution in [0.2, 0.25) is 5.02 Å².